The Balaban J connectivity index is 1.72. The normalized spacial score (nSPS) is 12.2. The van der Waals surface area contributed by atoms with E-state index in [2.05, 4.69) is 20.1 Å². The lowest BCUT2D eigenvalue weighted by atomic mass is 9.98. The monoisotopic (exact) mass is 505 g/mol. The van der Waals surface area contributed by atoms with Crippen molar-refractivity contribution in [3.8, 4) is 16.9 Å². The fraction of sp³-hybridized carbons (Fsp3) is 0.321. The molecule has 0 aliphatic carbocycles. The maximum absolute atomic E-state index is 13.9. The van der Waals surface area contributed by atoms with E-state index in [9.17, 15) is 14.3 Å². The Labute approximate surface area is 215 Å². The predicted octanol–water partition coefficient (Wildman–Crippen LogP) is 4.42. The highest BCUT2D eigenvalue weighted by Crippen LogP contribution is 2.34. The molecule has 2 aromatic carbocycles. The number of halogens is 1. The second-order valence-electron chi connectivity index (χ2n) is 9.16. The number of nitrogens with zero attached hydrogens (tertiary/aromatic N) is 4. The second kappa shape index (κ2) is 11.5. The number of aliphatic hydroxyl groups excluding tert-OH is 1. The van der Waals surface area contributed by atoms with E-state index in [0.717, 1.165) is 23.0 Å². The quantitative estimate of drug-likeness (QED) is 0.331. The van der Waals surface area contributed by atoms with Crippen molar-refractivity contribution in [2.24, 2.45) is 0 Å². The van der Waals surface area contributed by atoms with Crippen LogP contribution in [0.15, 0.2) is 54.9 Å². The van der Waals surface area contributed by atoms with Crippen LogP contribution in [0.2, 0.25) is 0 Å². The number of aromatic nitrogens is 3. The van der Waals surface area contributed by atoms with Gasteiger partial charge in [0, 0.05) is 35.3 Å². The van der Waals surface area contributed by atoms with E-state index in [-0.39, 0.29) is 24.4 Å². The first-order chi connectivity index (χ1) is 17.8. The van der Waals surface area contributed by atoms with Crippen LogP contribution in [0.1, 0.15) is 41.0 Å². The van der Waals surface area contributed by atoms with Crippen molar-refractivity contribution in [2.75, 3.05) is 34.3 Å². The van der Waals surface area contributed by atoms with E-state index in [1.807, 2.05) is 27.1 Å². The molecular weight excluding hydrogens is 473 g/mol. The summed E-state index contributed by atoms with van der Waals surface area (Å²) in [6.07, 6.45) is 4.00. The van der Waals surface area contributed by atoms with Crippen molar-refractivity contribution in [1.82, 2.24) is 25.0 Å². The molecule has 8 nitrogen and oxygen atoms in total. The van der Waals surface area contributed by atoms with Crippen molar-refractivity contribution in [3.63, 3.8) is 0 Å². The van der Waals surface area contributed by atoms with E-state index >= 15 is 0 Å². The number of hydrogen-bond donors (Lipinski definition) is 2. The number of benzene rings is 2. The minimum atomic E-state index is -0.338. The van der Waals surface area contributed by atoms with Crippen molar-refractivity contribution in [2.45, 2.75) is 26.0 Å². The topological polar surface area (TPSA) is 94.6 Å². The third-order valence-corrected chi connectivity index (χ3v) is 6.41. The fourth-order valence-corrected chi connectivity index (χ4v) is 4.49. The lowest BCUT2D eigenvalue weighted by Gasteiger charge is -2.30. The molecule has 0 bridgehead atoms. The number of H-pyrrole nitrogens is 1. The van der Waals surface area contributed by atoms with Crippen LogP contribution in [0, 0.1) is 5.82 Å². The summed E-state index contributed by atoms with van der Waals surface area (Å²) in [7, 11) is 5.74. The predicted molar refractivity (Wildman–Crippen MR) is 141 cm³/mol. The van der Waals surface area contributed by atoms with Crippen LogP contribution in [-0.4, -0.2) is 70.3 Å². The van der Waals surface area contributed by atoms with Gasteiger partial charge in [0.1, 0.15) is 11.6 Å². The molecule has 9 heteroatoms. The summed E-state index contributed by atoms with van der Waals surface area (Å²) in [5, 5.41) is 17.6. The van der Waals surface area contributed by atoms with Gasteiger partial charge >= 0.3 is 0 Å². The number of rotatable bonds is 10. The molecule has 1 amide bonds. The van der Waals surface area contributed by atoms with Gasteiger partial charge in [-0.3, -0.25) is 14.9 Å². The average Bonchev–Trinajstić information content (AvgIpc) is 3.38. The first-order valence-corrected chi connectivity index (χ1v) is 12.2. The summed E-state index contributed by atoms with van der Waals surface area (Å²) >= 11 is 0. The van der Waals surface area contributed by atoms with Crippen LogP contribution in [0.3, 0.4) is 0 Å². The van der Waals surface area contributed by atoms with E-state index in [0.29, 0.717) is 41.2 Å². The number of carbonyl (C=O) groups excluding carboxylic acids is 1. The first-order valence-electron chi connectivity index (χ1n) is 12.2. The minimum Gasteiger partial charge on any atom is -0.493 e. The number of fused-ring (bicyclic) bond motifs is 1. The number of pyridine rings is 1. The van der Waals surface area contributed by atoms with E-state index < -0.39 is 0 Å². The van der Waals surface area contributed by atoms with Gasteiger partial charge in [-0.2, -0.15) is 5.10 Å². The Morgan fingerprint density at radius 1 is 1.16 bits per heavy atom. The zero-order chi connectivity index (χ0) is 26.5. The van der Waals surface area contributed by atoms with E-state index in [1.165, 1.54) is 12.1 Å². The number of hydrogen-bond acceptors (Lipinski definition) is 6. The molecule has 0 fully saturated rings. The summed E-state index contributed by atoms with van der Waals surface area (Å²) in [5.41, 5.74) is 3.95. The number of aromatic amines is 1. The summed E-state index contributed by atoms with van der Waals surface area (Å²) in [5.74, 6) is -0.00830. The zero-order valence-electron chi connectivity index (χ0n) is 21.5. The number of ether oxygens (including phenoxy) is 1. The van der Waals surface area contributed by atoms with E-state index in [1.54, 1.807) is 48.6 Å². The summed E-state index contributed by atoms with van der Waals surface area (Å²) < 4.78 is 19.7. The van der Waals surface area contributed by atoms with Crippen molar-refractivity contribution >= 4 is 16.8 Å². The molecule has 4 aromatic rings. The van der Waals surface area contributed by atoms with Crippen LogP contribution in [0.5, 0.6) is 5.75 Å². The van der Waals surface area contributed by atoms with Gasteiger partial charge in [-0.25, -0.2) is 4.39 Å². The molecule has 0 saturated heterocycles. The summed E-state index contributed by atoms with van der Waals surface area (Å²) in [4.78, 5) is 22.0. The third kappa shape index (κ3) is 5.63. The van der Waals surface area contributed by atoms with Gasteiger partial charge in [0.05, 0.1) is 36.7 Å². The van der Waals surface area contributed by atoms with Crippen LogP contribution in [0.4, 0.5) is 4.39 Å². The van der Waals surface area contributed by atoms with Gasteiger partial charge in [-0.15, -0.1) is 0 Å². The summed E-state index contributed by atoms with van der Waals surface area (Å²) in [6, 6.07) is 11.2. The maximum atomic E-state index is 13.9. The fourth-order valence-electron chi connectivity index (χ4n) is 4.49. The SMILES string of the molecule is CCOc1cc(C(=O)N(C)[C@H](CCN(C)C)c2cnc(CO)c3cn[nH]c23)ccc1-c1cccc(F)c1. The third-order valence-electron chi connectivity index (χ3n) is 6.41. The number of nitrogens with one attached hydrogen (secondary N) is 1. The van der Waals surface area contributed by atoms with Crippen molar-refractivity contribution in [1.29, 1.82) is 0 Å². The minimum absolute atomic E-state index is 0.186. The molecule has 0 spiro atoms. The van der Waals surface area contributed by atoms with Crippen LogP contribution >= 0.6 is 0 Å². The standard InChI is InChI=1S/C28H32FN5O3/c1-5-37-26-14-19(9-10-21(26)18-7-6-8-20(29)13-18)28(36)34(4)25(11-12-33(2)3)23-15-30-24(17-35)22-16-31-32-27(22)23/h6-10,13-16,25,35H,5,11-12,17H2,1-4H3,(H,31,32)/t25-/m1/s1. The highest BCUT2D eigenvalue weighted by molar-refractivity contribution is 5.96. The Kier molecular flexibility index (Phi) is 8.15. The molecule has 0 aliphatic rings. The van der Waals surface area contributed by atoms with Gasteiger partial charge in [-0.05, 0) is 69.9 Å². The molecular formula is C28H32FN5O3. The van der Waals surface area contributed by atoms with Gasteiger partial charge in [0.2, 0.25) is 0 Å². The van der Waals surface area contributed by atoms with Crippen LogP contribution in [0.25, 0.3) is 22.0 Å². The molecule has 194 valence electrons. The molecule has 37 heavy (non-hydrogen) atoms. The number of amides is 1. The number of aliphatic hydroxyl groups is 1. The number of carbonyl (C=O) groups is 1. The van der Waals surface area contributed by atoms with Crippen LogP contribution < -0.4 is 4.74 Å². The second-order valence-corrected chi connectivity index (χ2v) is 9.16. The highest BCUT2D eigenvalue weighted by atomic mass is 19.1. The van der Waals surface area contributed by atoms with Gasteiger partial charge in [-0.1, -0.05) is 12.1 Å². The molecule has 4 rings (SSSR count). The zero-order valence-corrected chi connectivity index (χ0v) is 21.5. The van der Waals surface area contributed by atoms with Gasteiger partial charge in [0.15, 0.2) is 0 Å². The van der Waals surface area contributed by atoms with Gasteiger partial charge < -0.3 is 19.6 Å². The summed E-state index contributed by atoms with van der Waals surface area (Å²) in [6.45, 7) is 2.81. The molecule has 0 radical (unpaired) electrons. The Morgan fingerprint density at radius 2 is 1.97 bits per heavy atom. The largest absolute Gasteiger partial charge is 0.493 e. The Bertz CT molecular complexity index is 1390. The molecule has 0 saturated carbocycles. The Hall–Kier alpha value is -3.82. The molecule has 2 heterocycles. The highest BCUT2D eigenvalue weighted by Gasteiger charge is 2.27. The average molecular weight is 506 g/mol. The molecule has 1 atom stereocenters. The van der Waals surface area contributed by atoms with Gasteiger partial charge in [0.25, 0.3) is 5.91 Å². The lowest BCUT2D eigenvalue weighted by molar-refractivity contribution is 0.0716. The molecule has 0 unspecified atom stereocenters. The Morgan fingerprint density at radius 3 is 2.68 bits per heavy atom. The van der Waals surface area contributed by atoms with Crippen LogP contribution in [-0.2, 0) is 6.61 Å². The van der Waals surface area contributed by atoms with E-state index in [4.69, 9.17) is 4.74 Å². The molecule has 2 N–H and O–H groups in total. The molecule has 0 aliphatic heterocycles. The lowest BCUT2D eigenvalue weighted by Crippen LogP contribution is -2.33. The van der Waals surface area contributed by atoms with Crippen molar-refractivity contribution < 1.29 is 19.0 Å². The maximum Gasteiger partial charge on any atom is 0.254 e. The smallest absolute Gasteiger partial charge is 0.254 e. The first kappa shape index (κ1) is 26.2. The molecule has 2 aromatic heterocycles. The van der Waals surface area contributed by atoms with Crippen molar-refractivity contribution in [3.05, 3.63) is 77.5 Å².